The molecule has 0 saturated heterocycles. The fraction of sp³-hybridized carbons (Fsp3) is 1.00. The van der Waals surface area contributed by atoms with Crippen molar-refractivity contribution in [2.45, 2.75) is 47.0 Å². The summed E-state index contributed by atoms with van der Waals surface area (Å²) in [5.41, 5.74) is 1.61. The third-order valence-corrected chi connectivity index (χ3v) is 4.41. The molecule has 0 radical (unpaired) electrons. The summed E-state index contributed by atoms with van der Waals surface area (Å²) >= 11 is 0. The summed E-state index contributed by atoms with van der Waals surface area (Å²) in [5, 5.41) is 0. The van der Waals surface area contributed by atoms with E-state index in [2.05, 4.69) is 27.7 Å². The van der Waals surface area contributed by atoms with Gasteiger partial charge >= 0.3 is 0 Å². The number of rotatable bonds is 2. The topological polar surface area (TPSA) is 0 Å². The third kappa shape index (κ3) is 0.711. The molecule has 11 heavy (non-hydrogen) atoms. The van der Waals surface area contributed by atoms with Gasteiger partial charge in [-0.15, -0.1) is 0 Å². The molecule has 0 aromatic rings. The monoisotopic (exact) mass is 152 g/mol. The first-order valence-corrected chi connectivity index (χ1v) is 5.05. The predicted molar refractivity (Wildman–Crippen MR) is 48.4 cm³/mol. The average molecular weight is 152 g/mol. The second kappa shape index (κ2) is 1.84. The van der Waals surface area contributed by atoms with Gasteiger partial charge in [-0.3, -0.25) is 0 Å². The molecule has 0 atom stereocenters. The minimum Gasteiger partial charge on any atom is -0.0622 e. The van der Waals surface area contributed by atoms with E-state index in [0.29, 0.717) is 0 Å². The molecule has 0 heteroatoms. The summed E-state index contributed by atoms with van der Waals surface area (Å²) in [5.74, 6) is 1.81. The Morgan fingerprint density at radius 2 is 1.36 bits per heavy atom. The molecule has 0 amide bonds. The molecule has 2 aliphatic carbocycles. The summed E-state index contributed by atoms with van der Waals surface area (Å²) in [6, 6.07) is 0. The van der Waals surface area contributed by atoms with Gasteiger partial charge in [0.1, 0.15) is 0 Å². The van der Waals surface area contributed by atoms with E-state index >= 15 is 0 Å². The quantitative estimate of drug-likeness (QED) is 0.568. The summed E-state index contributed by atoms with van der Waals surface area (Å²) in [7, 11) is 0. The highest BCUT2D eigenvalue weighted by Crippen LogP contribution is 2.83. The molecule has 0 aromatic carbocycles. The Hall–Kier alpha value is 0. The van der Waals surface area contributed by atoms with Crippen LogP contribution in [0.2, 0.25) is 0 Å². The molecule has 0 bridgehead atoms. The molecule has 0 aromatic heterocycles. The van der Waals surface area contributed by atoms with Crippen molar-refractivity contribution in [1.29, 1.82) is 0 Å². The van der Waals surface area contributed by atoms with Crippen LogP contribution in [0.3, 0.4) is 0 Å². The SMILES string of the molecule is CC(C)C1(C(C)C)CC12CC2. The van der Waals surface area contributed by atoms with Crippen LogP contribution in [0.1, 0.15) is 47.0 Å². The first kappa shape index (κ1) is 7.64. The van der Waals surface area contributed by atoms with Crippen LogP contribution >= 0.6 is 0 Å². The lowest BCUT2D eigenvalue weighted by Gasteiger charge is -2.26. The second-order valence-electron chi connectivity index (χ2n) is 5.31. The highest BCUT2D eigenvalue weighted by atomic mass is 14.8. The lowest BCUT2D eigenvalue weighted by atomic mass is 9.79. The standard InChI is InChI=1S/C11H20/c1-8(2)11(9(3)4)7-10(11)5-6-10/h8-9H,5-7H2,1-4H3. The van der Waals surface area contributed by atoms with Crippen molar-refractivity contribution in [2.24, 2.45) is 22.7 Å². The van der Waals surface area contributed by atoms with Crippen molar-refractivity contribution >= 4 is 0 Å². The van der Waals surface area contributed by atoms with Crippen LogP contribution in [0.25, 0.3) is 0 Å². The van der Waals surface area contributed by atoms with E-state index in [0.717, 1.165) is 22.7 Å². The first-order chi connectivity index (χ1) is 5.05. The van der Waals surface area contributed by atoms with Gasteiger partial charge in [-0.05, 0) is 41.9 Å². The van der Waals surface area contributed by atoms with Gasteiger partial charge in [-0.1, -0.05) is 27.7 Å². The second-order valence-corrected chi connectivity index (χ2v) is 5.31. The smallest absolute Gasteiger partial charge is 0.0189 e. The molecule has 2 saturated carbocycles. The highest BCUT2D eigenvalue weighted by molar-refractivity contribution is 5.24. The van der Waals surface area contributed by atoms with E-state index in [4.69, 9.17) is 0 Å². The largest absolute Gasteiger partial charge is 0.0622 e. The van der Waals surface area contributed by atoms with Crippen molar-refractivity contribution in [1.82, 2.24) is 0 Å². The first-order valence-electron chi connectivity index (χ1n) is 5.05. The van der Waals surface area contributed by atoms with Crippen molar-refractivity contribution in [3.8, 4) is 0 Å². The van der Waals surface area contributed by atoms with Gasteiger partial charge in [-0.2, -0.15) is 0 Å². The maximum atomic E-state index is 2.41. The van der Waals surface area contributed by atoms with E-state index in [9.17, 15) is 0 Å². The lowest BCUT2D eigenvalue weighted by molar-refractivity contribution is 0.224. The Labute approximate surface area is 70.4 Å². The van der Waals surface area contributed by atoms with Gasteiger partial charge in [0.25, 0.3) is 0 Å². The van der Waals surface area contributed by atoms with Gasteiger partial charge in [0.05, 0.1) is 0 Å². The van der Waals surface area contributed by atoms with Crippen LogP contribution < -0.4 is 0 Å². The van der Waals surface area contributed by atoms with Crippen molar-refractivity contribution in [2.75, 3.05) is 0 Å². The normalized spacial score (nSPS) is 30.0. The van der Waals surface area contributed by atoms with Crippen LogP contribution in [0.4, 0.5) is 0 Å². The summed E-state index contributed by atoms with van der Waals surface area (Å²) in [4.78, 5) is 0. The Morgan fingerprint density at radius 1 is 0.909 bits per heavy atom. The molecule has 0 unspecified atom stereocenters. The van der Waals surface area contributed by atoms with Crippen LogP contribution in [0.15, 0.2) is 0 Å². The van der Waals surface area contributed by atoms with E-state index in [-0.39, 0.29) is 0 Å². The molecule has 64 valence electrons. The summed E-state index contributed by atoms with van der Waals surface area (Å²) in [6.07, 6.45) is 4.60. The van der Waals surface area contributed by atoms with Crippen LogP contribution in [-0.2, 0) is 0 Å². The van der Waals surface area contributed by atoms with Crippen LogP contribution in [0.5, 0.6) is 0 Å². The fourth-order valence-corrected chi connectivity index (χ4v) is 3.61. The van der Waals surface area contributed by atoms with Gasteiger partial charge in [-0.25, -0.2) is 0 Å². The Kier molecular flexibility index (Phi) is 1.28. The van der Waals surface area contributed by atoms with E-state index in [1.165, 1.54) is 19.3 Å². The molecule has 2 aliphatic rings. The molecule has 0 heterocycles. The molecule has 2 fully saturated rings. The van der Waals surface area contributed by atoms with Crippen molar-refractivity contribution < 1.29 is 0 Å². The predicted octanol–water partition coefficient (Wildman–Crippen LogP) is 3.47. The van der Waals surface area contributed by atoms with Gasteiger partial charge in [0.15, 0.2) is 0 Å². The molecule has 0 nitrogen and oxygen atoms in total. The Balaban J connectivity index is 2.18. The average Bonchev–Trinajstić information content (AvgIpc) is 2.73. The number of hydrogen-bond acceptors (Lipinski definition) is 0. The molecule has 0 N–H and O–H groups in total. The van der Waals surface area contributed by atoms with Gasteiger partial charge < -0.3 is 0 Å². The van der Waals surface area contributed by atoms with Crippen LogP contribution in [0, 0.1) is 22.7 Å². The van der Waals surface area contributed by atoms with Crippen LogP contribution in [-0.4, -0.2) is 0 Å². The Morgan fingerprint density at radius 3 is 1.45 bits per heavy atom. The maximum absolute atomic E-state index is 2.41. The summed E-state index contributed by atoms with van der Waals surface area (Å²) in [6.45, 7) is 9.64. The zero-order valence-corrected chi connectivity index (χ0v) is 8.28. The highest BCUT2D eigenvalue weighted by Gasteiger charge is 2.75. The fourth-order valence-electron chi connectivity index (χ4n) is 3.61. The zero-order valence-electron chi connectivity index (χ0n) is 8.28. The van der Waals surface area contributed by atoms with Gasteiger partial charge in [0, 0.05) is 0 Å². The van der Waals surface area contributed by atoms with Crippen molar-refractivity contribution in [3.05, 3.63) is 0 Å². The molecular weight excluding hydrogens is 132 g/mol. The summed E-state index contributed by atoms with van der Waals surface area (Å²) < 4.78 is 0. The lowest BCUT2D eigenvalue weighted by Crippen LogP contribution is -2.20. The molecule has 1 spiro atoms. The number of hydrogen-bond donors (Lipinski definition) is 0. The minimum atomic E-state index is 0.757. The van der Waals surface area contributed by atoms with E-state index < -0.39 is 0 Å². The van der Waals surface area contributed by atoms with Crippen molar-refractivity contribution in [3.63, 3.8) is 0 Å². The van der Waals surface area contributed by atoms with E-state index in [1.807, 2.05) is 0 Å². The molecule has 2 rings (SSSR count). The molecule has 0 aliphatic heterocycles. The van der Waals surface area contributed by atoms with Gasteiger partial charge in [0.2, 0.25) is 0 Å². The Bertz CT molecular complexity index is 164. The zero-order chi connectivity index (χ0) is 8.28. The van der Waals surface area contributed by atoms with E-state index in [1.54, 1.807) is 0 Å². The maximum Gasteiger partial charge on any atom is -0.0189 e. The molecular formula is C11H20. The minimum absolute atomic E-state index is 0.757. The third-order valence-electron chi connectivity index (χ3n) is 4.41.